The summed E-state index contributed by atoms with van der Waals surface area (Å²) in [5, 5.41) is 0. The molecule has 0 amide bonds. The first kappa shape index (κ1) is 64.6. The highest BCUT2D eigenvalue weighted by molar-refractivity contribution is 5.71. The van der Waals surface area contributed by atoms with Crippen LogP contribution in [-0.2, 0) is 28.6 Å². The van der Waals surface area contributed by atoms with E-state index in [4.69, 9.17) is 14.2 Å². The molecule has 0 aromatic carbocycles. The Kier molecular flexibility index (Phi) is 54.2. The zero-order valence-corrected chi connectivity index (χ0v) is 44.9. The fraction of sp³-hybridized carbons (Fsp3) is 0.852. The van der Waals surface area contributed by atoms with Crippen LogP contribution in [0.2, 0.25) is 0 Å². The topological polar surface area (TPSA) is 78.9 Å². The SMILES string of the molecule is CCCCCCCC/C=C\C/C=C\C/C=C\CCCC(=O)OC[C@H](COC(=O)CCCCCCCCCCCCCCCCCCCCCCC)OC(=O)CCCCCCCCCCCCC. The lowest BCUT2D eigenvalue weighted by molar-refractivity contribution is -0.167. The van der Waals surface area contributed by atoms with Gasteiger partial charge in [0.25, 0.3) is 0 Å². The Hall–Kier alpha value is -2.37. The second-order valence-electron chi connectivity index (χ2n) is 19.9. The van der Waals surface area contributed by atoms with Crippen LogP contribution in [0.15, 0.2) is 36.5 Å². The molecule has 0 spiro atoms. The van der Waals surface area contributed by atoms with Gasteiger partial charge in [-0.1, -0.05) is 282 Å². The standard InChI is InChI=1S/C61H112O6/c1-4-7-10-13-16-19-22-24-26-28-29-30-31-33-35-37-40-42-45-48-51-54-60(63)66-57-58(67-61(64)55-52-49-46-43-38-21-18-15-12-9-6-3)56-65-59(62)53-50-47-44-41-39-36-34-32-27-25-23-20-17-14-11-8-5-2/h25,27,34,36,41,44,58H,4-24,26,28-33,35,37-40,42-43,45-57H2,1-3H3/b27-25-,36-34-,44-41-/t58-/m1/s1. The second-order valence-corrected chi connectivity index (χ2v) is 19.9. The van der Waals surface area contributed by atoms with Gasteiger partial charge in [0.1, 0.15) is 13.2 Å². The van der Waals surface area contributed by atoms with Crippen LogP contribution in [0.25, 0.3) is 0 Å². The summed E-state index contributed by atoms with van der Waals surface area (Å²) in [4.78, 5) is 38.1. The third-order valence-corrected chi connectivity index (χ3v) is 13.1. The molecule has 0 saturated carbocycles. The molecular weight excluding hydrogens is 829 g/mol. The molecule has 0 N–H and O–H groups in total. The van der Waals surface area contributed by atoms with Crippen molar-refractivity contribution in [1.82, 2.24) is 0 Å². The van der Waals surface area contributed by atoms with Gasteiger partial charge in [-0.15, -0.1) is 0 Å². The fourth-order valence-electron chi connectivity index (χ4n) is 8.70. The minimum atomic E-state index is -0.787. The molecule has 0 rings (SSSR count). The van der Waals surface area contributed by atoms with Crippen molar-refractivity contribution in [3.8, 4) is 0 Å². The molecule has 0 aliphatic heterocycles. The fourth-order valence-corrected chi connectivity index (χ4v) is 8.70. The molecule has 67 heavy (non-hydrogen) atoms. The summed E-state index contributed by atoms with van der Waals surface area (Å²) in [5.41, 5.74) is 0. The quantitative estimate of drug-likeness (QED) is 0.0262. The normalized spacial score (nSPS) is 12.2. The molecule has 0 heterocycles. The summed E-state index contributed by atoms with van der Waals surface area (Å²) < 4.78 is 16.8. The van der Waals surface area contributed by atoms with Crippen molar-refractivity contribution in [2.75, 3.05) is 13.2 Å². The van der Waals surface area contributed by atoms with Crippen molar-refractivity contribution in [3.63, 3.8) is 0 Å². The van der Waals surface area contributed by atoms with Gasteiger partial charge in [-0.05, 0) is 51.4 Å². The second kappa shape index (κ2) is 56.2. The first-order chi connectivity index (χ1) is 33.0. The Labute approximate surface area is 416 Å². The number of hydrogen-bond donors (Lipinski definition) is 0. The van der Waals surface area contributed by atoms with Crippen molar-refractivity contribution < 1.29 is 28.6 Å². The van der Waals surface area contributed by atoms with Crippen LogP contribution in [-0.4, -0.2) is 37.2 Å². The van der Waals surface area contributed by atoms with Crippen LogP contribution >= 0.6 is 0 Å². The summed E-state index contributed by atoms with van der Waals surface area (Å²) >= 11 is 0. The van der Waals surface area contributed by atoms with Gasteiger partial charge in [-0.25, -0.2) is 0 Å². The number of allylic oxidation sites excluding steroid dienone is 6. The van der Waals surface area contributed by atoms with Gasteiger partial charge in [0.05, 0.1) is 0 Å². The van der Waals surface area contributed by atoms with E-state index in [1.165, 1.54) is 212 Å². The maximum absolute atomic E-state index is 12.8. The van der Waals surface area contributed by atoms with Gasteiger partial charge in [0, 0.05) is 19.3 Å². The molecule has 6 heteroatoms. The summed E-state index contributed by atoms with van der Waals surface area (Å²) in [6, 6.07) is 0. The van der Waals surface area contributed by atoms with Gasteiger partial charge in [-0.2, -0.15) is 0 Å². The Balaban J connectivity index is 4.30. The van der Waals surface area contributed by atoms with E-state index in [9.17, 15) is 14.4 Å². The lowest BCUT2D eigenvalue weighted by atomic mass is 10.0. The van der Waals surface area contributed by atoms with Gasteiger partial charge >= 0.3 is 17.9 Å². The van der Waals surface area contributed by atoms with E-state index in [0.717, 1.165) is 57.8 Å². The maximum atomic E-state index is 12.8. The molecule has 0 aromatic heterocycles. The van der Waals surface area contributed by atoms with Crippen molar-refractivity contribution in [3.05, 3.63) is 36.5 Å². The molecule has 0 aliphatic rings. The zero-order chi connectivity index (χ0) is 48.6. The first-order valence-corrected chi connectivity index (χ1v) is 29.5. The highest BCUT2D eigenvalue weighted by Crippen LogP contribution is 2.17. The summed E-state index contributed by atoms with van der Waals surface area (Å²) in [6.45, 7) is 6.63. The van der Waals surface area contributed by atoms with Crippen LogP contribution in [0.1, 0.15) is 316 Å². The molecule has 0 unspecified atom stereocenters. The van der Waals surface area contributed by atoms with Crippen LogP contribution < -0.4 is 0 Å². The van der Waals surface area contributed by atoms with Crippen LogP contribution in [0.5, 0.6) is 0 Å². The van der Waals surface area contributed by atoms with E-state index in [1.807, 2.05) is 0 Å². The van der Waals surface area contributed by atoms with Gasteiger partial charge in [0.2, 0.25) is 0 Å². The molecule has 0 aromatic rings. The van der Waals surface area contributed by atoms with Gasteiger partial charge in [-0.3, -0.25) is 14.4 Å². The first-order valence-electron chi connectivity index (χ1n) is 29.5. The largest absolute Gasteiger partial charge is 0.462 e. The van der Waals surface area contributed by atoms with Crippen LogP contribution in [0.4, 0.5) is 0 Å². The smallest absolute Gasteiger partial charge is 0.306 e. The molecule has 0 aliphatic carbocycles. The van der Waals surface area contributed by atoms with E-state index in [-0.39, 0.29) is 31.1 Å². The molecule has 0 radical (unpaired) electrons. The van der Waals surface area contributed by atoms with Crippen molar-refractivity contribution in [2.45, 2.75) is 322 Å². The van der Waals surface area contributed by atoms with Crippen LogP contribution in [0, 0.1) is 0 Å². The molecule has 0 fully saturated rings. The van der Waals surface area contributed by atoms with E-state index in [2.05, 4.69) is 57.2 Å². The predicted octanol–water partition coefficient (Wildman–Crippen LogP) is 19.7. The molecule has 6 nitrogen and oxygen atoms in total. The van der Waals surface area contributed by atoms with Gasteiger partial charge < -0.3 is 14.2 Å². The Morgan fingerprint density at radius 3 is 0.896 bits per heavy atom. The maximum Gasteiger partial charge on any atom is 0.306 e. The summed E-state index contributed by atoms with van der Waals surface area (Å²) in [5.74, 6) is -0.920. The Morgan fingerprint density at radius 1 is 0.299 bits per heavy atom. The monoisotopic (exact) mass is 941 g/mol. The minimum absolute atomic E-state index is 0.0828. The number of ether oxygens (including phenoxy) is 3. The van der Waals surface area contributed by atoms with Crippen molar-refractivity contribution in [2.24, 2.45) is 0 Å². The highest BCUT2D eigenvalue weighted by atomic mass is 16.6. The third kappa shape index (κ3) is 54.4. The number of carbonyl (C=O) groups excluding carboxylic acids is 3. The van der Waals surface area contributed by atoms with Crippen molar-refractivity contribution in [1.29, 1.82) is 0 Å². The highest BCUT2D eigenvalue weighted by Gasteiger charge is 2.19. The average molecular weight is 942 g/mol. The molecule has 1 atom stereocenters. The summed E-state index contributed by atoms with van der Waals surface area (Å²) in [7, 11) is 0. The van der Waals surface area contributed by atoms with E-state index < -0.39 is 6.10 Å². The molecule has 0 bridgehead atoms. The van der Waals surface area contributed by atoms with Gasteiger partial charge in [0.15, 0.2) is 6.10 Å². The molecule has 392 valence electrons. The van der Waals surface area contributed by atoms with E-state index in [0.29, 0.717) is 25.7 Å². The van der Waals surface area contributed by atoms with Crippen LogP contribution in [0.3, 0.4) is 0 Å². The number of rotatable bonds is 54. The number of esters is 3. The number of hydrogen-bond acceptors (Lipinski definition) is 6. The number of unbranched alkanes of at least 4 members (excludes halogenated alkanes) is 37. The molecule has 0 saturated heterocycles. The predicted molar refractivity (Wildman–Crippen MR) is 289 cm³/mol. The average Bonchev–Trinajstić information content (AvgIpc) is 3.33. The Bertz CT molecular complexity index is 1130. The lowest BCUT2D eigenvalue weighted by Gasteiger charge is -2.18. The number of carbonyl (C=O) groups is 3. The lowest BCUT2D eigenvalue weighted by Crippen LogP contribution is -2.30. The zero-order valence-electron chi connectivity index (χ0n) is 44.9. The summed E-state index contributed by atoms with van der Waals surface area (Å²) in [6.07, 6.45) is 67.2. The third-order valence-electron chi connectivity index (χ3n) is 13.1. The van der Waals surface area contributed by atoms with E-state index in [1.54, 1.807) is 0 Å². The molecular formula is C61H112O6. The van der Waals surface area contributed by atoms with Crippen molar-refractivity contribution >= 4 is 17.9 Å². The van der Waals surface area contributed by atoms with E-state index >= 15 is 0 Å². The minimum Gasteiger partial charge on any atom is -0.462 e. The Morgan fingerprint density at radius 2 is 0.552 bits per heavy atom.